The van der Waals surface area contributed by atoms with Gasteiger partial charge in [-0.05, 0) is 60.5 Å². The highest BCUT2D eigenvalue weighted by atomic mass is 32.2. The van der Waals surface area contributed by atoms with E-state index in [9.17, 15) is 13.2 Å². The van der Waals surface area contributed by atoms with Crippen molar-refractivity contribution in [2.24, 2.45) is 0 Å². The maximum absolute atomic E-state index is 13.2. The van der Waals surface area contributed by atoms with E-state index in [-0.39, 0.29) is 29.5 Å². The zero-order valence-corrected chi connectivity index (χ0v) is 18.5. The number of carbonyl (C=O) groups is 1. The van der Waals surface area contributed by atoms with Crippen LogP contribution in [-0.2, 0) is 16.4 Å². The minimum atomic E-state index is -3.76. The molecule has 7 nitrogen and oxygen atoms in total. The largest absolute Gasteiger partial charge is 0.497 e. The average Bonchev–Trinajstić information content (AvgIpc) is 3.27. The Balaban J connectivity index is 1.38. The second-order valence-electron chi connectivity index (χ2n) is 7.26. The SMILES string of the molecule is COc1ccc(OCCNC(=O)c2cccc(S(=O)(=O)N3CCc4ccccc43)c2)cc1. The summed E-state index contributed by atoms with van der Waals surface area (Å²) >= 11 is 0. The number of benzene rings is 3. The Morgan fingerprint density at radius 2 is 1.75 bits per heavy atom. The first-order chi connectivity index (χ1) is 15.5. The summed E-state index contributed by atoms with van der Waals surface area (Å²) in [6.07, 6.45) is 0.670. The second-order valence-corrected chi connectivity index (χ2v) is 9.13. The molecule has 0 unspecified atom stereocenters. The Labute approximate surface area is 187 Å². The fourth-order valence-electron chi connectivity index (χ4n) is 3.59. The maximum Gasteiger partial charge on any atom is 0.264 e. The normalized spacial score (nSPS) is 12.8. The van der Waals surface area contributed by atoms with Crippen molar-refractivity contribution < 1.29 is 22.7 Å². The fraction of sp³-hybridized carbons (Fsp3) is 0.208. The predicted octanol–water partition coefficient (Wildman–Crippen LogP) is 3.26. The van der Waals surface area contributed by atoms with Crippen LogP contribution in [0, 0.1) is 0 Å². The Hall–Kier alpha value is -3.52. The average molecular weight is 453 g/mol. The van der Waals surface area contributed by atoms with E-state index in [0.717, 1.165) is 11.3 Å². The van der Waals surface area contributed by atoms with Gasteiger partial charge in [-0.2, -0.15) is 0 Å². The smallest absolute Gasteiger partial charge is 0.264 e. The van der Waals surface area contributed by atoms with Crippen molar-refractivity contribution in [1.82, 2.24) is 5.32 Å². The number of nitrogens with zero attached hydrogens (tertiary/aromatic N) is 1. The molecule has 0 spiro atoms. The minimum Gasteiger partial charge on any atom is -0.497 e. The van der Waals surface area contributed by atoms with Gasteiger partial charge in [0.1, 0.15) is 18.1 Å². The predicted molar refractivity (Wildman–Crippen MR) is 122 cm³/mol. The van der Waals surface area contributed by atoms with Crippen LogP contribution in [-0.4, -0.2) is 41.1 Å². The van der Waals surface area contributed by atoms with E-state index in [1.807, 2.05) is 18.2 Å². The number of carbonyl (C=O) groups excluding carboxylic acids is 1. The first kappa shape index (κ1) is 21.7. The van der Waals surface area contributed by atoms with Crippen LogP contribution >= 0.6 is 0 Å². The summed E-state index contributed by atoms with van der Waals surface area (Å²) in [5.41, 5.74) is 1.97. The summed E-state index contributed by atoms with van der Waals surface area (Å²) < 4.78 is 38.5. The number of hydrogen-bond acceptors (Lipinski definition) is 5. The molecular weight excluding hydrogens is 428 g/mol. The van der Waals surface area contributed by atoms with Gasteiger partial charge in [0.15, 0.2) is 0 Å². The molecule has 0 bridgehead atoms. The van der Waals surface area contributed by atoms with Crippen LogP contribution in [0.1, 0.15) is 15.9 Å². The number of para-hydroxylation sites is 1. The second kappa shape index (κ2) is 9.32. The van der Waals surface area contributed by atoms with E-state index >= 15 is 0 Å². The third-order valence-corrected chi connectivity index (χ3v) is 7.05. The maximum atomic E-state index is 13.2. The van der Waals surface area contributed by atoms with Crippen molar-refractivity contribution in [2.45, 2.75) is 11.3 Å². The molecule has 0 aliphatic carbocycles. The summed E-state index contributed by atoms with van der Waals surface area (Å²) in [6, 6.07) is 20.7. The molecule has 1 heterocycles. The van der Waals surface area contributed by atoms with Crippen molar-refractivity contribution in [1.29, 1.82) is 0 Å². The zero-order valence-electron chi connectivity index (χ0n) is 17.7. The van der Waals surface area contributed by atoms with E-state index in [0.29, 0.717) is 24.4 Å². The highest BCUT2D eigenvalue weighted by Crippen LogP contribution is 2.32. The number of hydrogen-bond donors (Lipinski definition) is 1. The van der Waals surface area contributed by atoms with Crippen LogP contribution in [0.2, 0.25) is 0 Å². The van der Waals surface area contributed by atoms with E-state index in [1.165, 1.54) is 16.4 Å². The Bertz CT molecular complexity index is 1210. The van der Waals surface area contributed by atoms with E-state index < -0.39 is 10.0 Å². The number of fused-ring (bicyclic) bond motifs is 1. The van der Waals surface area contributed by atoms with Gasteiger partial charge in [0.25, 0.3) is 15.9 Å². The molecule has 166 valence electrons. The highest BCUT2D eigenvalue weighted by molar-refractivity contribution is 7.92. The van der Waals surface area contributed by atoms with Gasteiger partial charge in [-0.1, -0.05) is 24.3 Å². The lowest BCUT2D eigenvalue weighted by atomic mass is 10.2. The Morgan fingerprint density at radius 1 is 1.00 bits per heavy atom. The summed E-state index contributed by atoms with van der Waals surface area (Å²) in [5, 5.41) is 2.76. The Kier molecular flexibility index (Phi) is 6.32. The van der Waals surface area contributed by atoms with Crippen LogP contribution in [0.5, 0.6) is 11.5 Å². The van der Waals surface area contributed by atoms with Crippen LogP contribution in [0.3, 0.4) is 0 Å². The summed E-state index contributed by atoms with van der Waals surface area (Å²) in [4.78, 5) is 12.6. The van der Waals surface area contributed by atoms with Crippen LogP contribution in [0.25, 0.3) is 0 Å². The summed E-state index contributed by atoms with van der Waals surface area (Å²) in [7, 11) is -2.16. The minimum absolute atomic E-state index is 0.0938. The summed E-state index contributed by atoms with van der Waals surface area (Å²) in [6.45, 7) is 0.947. The van der Waals surface area contributed by atoms with Crippen LogP contribution in [0.15, 0.2) is 77.7 Å². The Morgan fingerprint density at radius 3 is 2.53 bits per heavy atom. The van der Waals surface area contributed by atoms with Gasteiger partial charge in [-0.15, -0.1) is 0 Å². The number of methoxy groups -OCH3 is 1. The van der Waals surface area contributed by atoms with Gasteiger partial charge in [-0.3, -0.25) is 9.10 Å². The number of ether oxygens (including phenoxy) is 2. The lowest BCUT2D eigenvalue weighted by Gasteiger charge is -2.20. The molecule has 4 rings (SSSR count). The first-order valence-electron chi connectivity index (χ1n) is 10.2. The molecule has 0 saturated carbocycles. The molecule has 1 amide bonds. The van der Waals surface area contributed by atoms with E-state index in [1.54, 1.807) is 49.6 Å². The molecule has 1 N–H and O–H groups in total. The van der Waals surface area contributed by atoms with Gasteiger partial charge in [0.05, 0.1) is 24.2 Å². The molecule has 8 heteroatoms. The quantitative estimate of drug-likeness (QED) is 0.531. The van der Waals surface area contributed by atoms with Gasteiger partial charge >= 0.3 is 0 Å². The molecule has 3 aromatic carbocycles. The number of nitrogens with one attached hydrogen (secondary N) is 1. The zero-order chi connectivity index (χ0) is 22.6. The van der Waals surface area contributed by atoms with Crippen LogP contribution in [0.4, 0.5) is 5.69 Å². The van der Waals surface area contributed by atoms with Crippen molar-refractivity contribution in [2.75, 3.05) is 31.1 Å². The number of sulfonamides is 1. The lowest BCUT2D eigenvalue weighted by molar-refractivity contribution is 0.0947. The molecule has 1 aliphatic rings. The van der Waals surface area contributed by atoms with Crippen molar-refractivity contribution in [3.8, 4) is 11.5 Å². The molecule has 0 aromatic heterocycles. The van der Waals surface area contributed by atoms with Crippen LogP contribution < -0.4 is 19.1 Å². The lowest BCUT2D eigenvalue weighted by Crippen LogP contribution is -2.30. The van der Waals surface area contributed by atoms with Gasteiger partial charge in [0.2, 0.25) is 0 Å². The number of anilines is 1. The molecule has 1 aliphatic heterocycles. The van der Waals surface area contributed by atoms with Crippen molar-refractivity contribution in [3.63, 3.8) is 0 Å². The monoisotopic (exact) mass is 452 g/mol. The summed E-state index contributed by atoms with van der Waals surface area (Å²) in [5.74, 6) is 1.04. The number of amides is 1. The van der Waals surface area contributed by atoms with Gasteiger partial charge < -0.3 is 14.8 Å². The third kappa shape index (κ3) is 4.55. The molecule has 0 atom stereocenters. The molecule has 0 fully saturated rings. The van der Waals surface area contributed by atoms with Crippen molar-refractivity contribution >= 4 is 21.6 Å². The van der Waals surface area contributed by atoms with Gasteiger partial charge in [0, 0.05) is 12.1 Å². The molecule has 0 radical (unpaired) electrons. The molecule has 32 heavy (non-hydrogen) atoms. The topological polar surface area (TPSA) is 84.9 Å². The van der Waals surface area contributed by atoms with Gasteiger partial charge in [-0.25, -0.2) is 8.42 Å². The first-order valence-corrected chi connectivity index (χ1v) is 11.7. The van der Waals surface area contributed by atoms with E-state index in [2.05, 4.69) is 5.32 Å². The van der Waals surface area contributed by atoms with Crippen molar-refractivity contribution in [3.05, 3.63) is 83.9 Å². The molecule has 3 aromatic rings. The molecular formula is C24H24N2O5S. The third-order valence-electron chi connectivity index (χ3n) is 5.24. The fourth-order valence-corrected chi connectivity index (χ4v) is 5.14. The molecule has 0 saturated heterocycles. The standard InChI is InChI=1S/C24H24N2O5S/c1-30-20-9-11-21(12-10-20)31-16-14-25-24(27)19-6-4-7-22(17-19)32(28,29)26-15-13-18-5-2-3-8-23(18)26/h2-12,17H,13-16H2,1H3,(H,25,27). The highest BCUT2D eigenvalue weighted by Gasteiger charge is 2.30. The van der Waals surface area contributed by atoms with E-state index in [4.69, 9.17) is 9.47 Å². The number of rotatable bonds is 8.